The molecule has 0 aliphatic heterocycles. The van der Waals surface area contributed by atoms with Crippen LogP contribution in [0.25, 0.3) is 5.95 Å². The van der Waals surface area contributed by atoms with E-state index in [1.165, 1.54) is 41.3 Å². The van der Waals surface area contributed by atoms with Gasteiger partial charge in [0.2, 0.25) is 0 Å². The lowest BCUT2D eigenvalue weighted by Crippen LogP contribution is -2.13. The highest BCUT2D eigenvalue weighted by Crippen LogP contribution is 2.09. The second kappa shape index (κ2) is 5.49. The zero-order valence-corrected chi connectivity index (χ0v) is 10.8. The van der Waals surface area contributed by atoms with Gasteiger partial charge >= 0.3 is 0 Å². The summed E-state index contributed by atoms with van der Waals surface area (Å²) in [5.74, 6) is -0.344. The van der Waals surface area contributed by atoms with Gasteiger partial charge in [-0.3, -0.25) is 4.79 Å². The number of nitrogens with one attached hydrogen (secondary N) is 1. The van der Waals surface area contributed by atoms with E-state index in [9.17, 15) is 9.18 Å². The Kier molecular flexibility index (Phi) is 3.38. The third-order valence-corrected chi connectivity index (χ3v) is 2.71. The smallest absolute Gasteiger partial charge is 0.255 e. The molecular formula is C14H10FN5O. The number of benzene rings is 1. The Morgan fingerprint density at radius 3 is 2.48 bits per heavy atom. The number of hydrogen-bond acceptors (Lipinski definition) is 4. The van der Waals surface area contributed by atoms with Crippen molar-refractivity contribution in [2.24, 2.45) is 0 Å². The van der Waals surface area contributed by atoms with Crippen LogP contribution >= 0.6 is 0 Å². The van der Waals surface area contributed by atoms with Gasteiger partial charge in [0.15, 0.2) is 0 Å². The fourth-order valence-corrected chi connectivity index (χ4v) is 1.70. The van der Waals surface area contributed by atoms with Crippen molar-refractivity contribution in [2.45, 2.75) is 0 Å². The first-order valence-corrected chi connectivity index (χ1v) is 6.11. The molecule has 0 saturated carbocycles. The summed E-state index contributed by atoms with van der Waals surface area (Å²) in [6.45, 7) is 0. The molecule has 1 aromatic carbocycles. The molecule has 0 unspecified atom stereocenters. The van der Waals surface area contributed by atoms with E-state index in [2.05, 4.69) is 20.4 Å². The first-order valence-electron chi connectivity index (χ1n) is 6.11. The predicted molar refractivity (Wildman–Crippen MR) is 73.5 cm³/mol. The molecule has 0 spiro atoms. The molecule has 0 aliphatic carbocycles. The number of nitrogens with zero attached hydrogens (tertiary/aromatic N) is 4. The number of carbonyl (C=O) groups excluding carboxylic acids is 1. The predicted octanol–water partition coefficient (Wildman–Crippen LogP) is 2.05. The number of hydrogen-bond donors (Lipinski definition) is 1. The molecule has 0 atom stereocenters. The third-order valence-electron chi connectivity index (χ3n) is 2.71. The minimum atomic E-state index is -0.390. The SMILES string of the molecule is O=C(Nc1cnc(-n2cccn2)nc1)c1ccc(F)cc1. The van der Waals surface area contributed by atoms with Crippen molar-refractivity contribution in [2.75, 3.05) is 5.32 Å². The third kappa shape index (κ3) is 2.92. The van der Waals surface area contributed by atoms with Crippen molar-refractivity contribution in [3.05, 3.63) is 66.5 Å². The van der Waals surface area contributed by atoms with Crippen molar-refractivity contribution >= 4 is 11.6 Å². The summed E-state index contributed by atoms with van der Waals surface area (Å²) in [6, 6.07) is 7.03. The van der Waals surface area contributed by atoms with Gasteiger partial charge in [-0.05, 0) is 30.3 Å². The Balaban J connectivity index is 1.73. The molecule has 0 radical (unpaired) electrons. The minimum Gasteiger partial charge on any atom is -0.319 e. The molecule has 0 fully saturated rings. The van der Waals surface area contributed by atoms with E-state index >= 15 is 0 Å². The van der Waals surface area contributed by atoms with E-state index in [0.717, 1.165) is 0 Å². The largest absolute Gasteiger partial charge is 0.319 e. The van der Waals surface area contributed by atoms with Gasteiger partial charge in [-0.1, -0.05) is 0 Å². The normalized spacial score (nSPS) is 10.3. The molecular weight excluding hydrogens is 273 g/mol. The Morgan fingerprint density at radius 1 is 1.14 bits per heavy atom. The molecule has 1 N–H and O–H groups in total. The molecule has 7 heteroatoms. The molecule has 3 rings (SSSR count). The molecule has 3 aromatic rings. The van der Waals surface area contributed by atoms with Crippen LogP contribution in [0.1, 0.15) is 10.4 Å². The van der Waals surface area contributed by atoms with Gasteiger partial charge in [-0.15, -0.1) is 0 Å². The Hall–Kier alpha value is -3.09. The fraction of sp³-hybridized carbons (Fsp3) is 0. The fourth-order valence-electron chi connectivity index (χ4n) is 1.70. The van der Waals surface area contributed by atoms with Crippen molar-refractivity contribution in [1.29, 1.82) is 0 Å². The molecule has 21 heavy (non-hydrogen) atoms. The van der Waals surface area contributed by atoms with E-state index in [4.69, 9.17) is 0 Å². The highest BCUT2D eigenvalue weighted by molar-refractivity contribution is 6.04. The molecule has 0 aliphatic rings. The lowest BCUT2D eigenvalue weighted by Gasteiger charge is -2.05. The monoisotopic (exact) mass is 283 g/mol. The van der Waals surface area contributed by atoms with E-state index in [1.54, 1.807) is 18.5 Å². The summed E-state index contributed by atoms with van der Waals surface area (Å²) in [7, 11) is 0. The highest BCUT2D eigenvalue weighted by Gasteiger charge is 2.07. The van der Waals surface area contributed by atoms with Gasteiger partial charge in [0.1, 0.15) is 5.82 Å². The van der Waals surface area contributed by atoms with Crippen molar-refractivity contribution in [1.82, 2.24) is 19.7 Å². The van der Waals surface area contributed by atoms with E-state index in [-0.39, 0.29) is 5.91 Å². The maximum Gasteiger partial charge on any atom is 0.255 e. The lowest BCUT2D eigenvalue weighted by atomic mass is 10.2. The summed E-state index contributed by atoms with van der Waals surface area (Å²) >= 11 is 0. The van der Waals surface area contributed by atoms with Gasteiger partial charge in [0.05, 0.1) is 18.1 Å². The van der Waals surface area contributed by atoms with Gasteiger partial charge in [-0.25, -0.2) is 19.0 Å². The maximum atomic E-state index is 12.8. The number of amides is 1. The van der Waals surface area contributed by atoms with E-state index in [1.807, 2.05) is 0 Å². The quantitative estimate of drug-likeness (QED) is 0.798. The lowest BCUT2D eigenvalue weighted by molar-refractivity contribution is 0.102. The number of aromatic nitrogens is 4. The van der Waals surface area contributed by atoms with Crippen molar-refractivity contribution in [3.63, 3.8) is 0 Å². The van der Waals surface area contributed by atoms with Crippen LogP contribution in [0.15, 0.2) is 55.1 Å². The van der Waals surface area contributed by atoms with Crippen molar-refractivity contribution in [3.8, 4) is 5.95 Å². The average molecular weight is 283 g/mol. The van der Waals surface area contributed by atoms with Crippen LogP contribution in [0, 0.1) is 5.82 Å². The molecule has 6 nitrogen and oxygen atoms in total. The minimum absolute atomic E-state index is 0.354. The Bertz CT molecular complexity index is 738. The number of rotatable bonds is 3. The van der Waals surface area contributed by atoms with Gasteiger partial charge < -0.3 is 5.32 Å². The van der Waals surface area contributed by atoms with Crippen molar-refractivity contribution < 1.29 is 9.18 Å². The van der Waals surface area contributed by atoms with Gasteiger partial charge in [0, 0.05) is 18.0 Å². The second-order valence-corrected chi connectivity index (χ2v) is 4.18. The van der Waals surface area contributed by atoms with Crippen LogP contribution in [0.2, 0.25) is 0 Å². The topological polar surface area (TPSA) is 72.7 Å². The average Bonchev–Trinajstić information content (AvgIpc) is 3.03. The van der Waals surface area contributed by atoms with Gasteiger partial charge in [0.25, 0.3) is 11.9 Å². The molecule has 2 heterocycles. The Morgan fingerprint density at radius 2 is 1.86 bits per heavy atom. The van der Waals surface area contributed by atoms with E-state index in [0.29, 0.717) is 17.2 Å². The van der Waals surface area contributed by atoms with Gasteiger partial charge in [-0.2, -0.15) is 5.10 Å². The number of halogens is 1. The van der Waals surface area contributed by atoms with Crippen LogP contribution in [0.4, 0.5) is 10.1 Å². The first-order chi connectivity index (χ1) is 10.2. The highest BCUT2D eigenvalue weighted by atomic mass is 19.1. The Labute approximate surface area is 119 Å². The second-order valence-electron chi connectivity index (χ2n) is 4.18. The first kappa shape index (κ1) is 12.9. The zero-order chi connectivity index (χ0) is 14.7. The van der Waals surface area contributed by atoms with Crippen LogP contribution in [0.3, 0.4) is 0 Å². The molecule has 1 amide bonds. The van der Waals surface area contributed by atoms with Crippen LogP contribution in [0.5, 0.6) is 0 Å². The van der Waals surface area contributed by atoms with Crippen LogP contribution in [-0.2, 0) is 0 Å². The molecule has 0 saturated heterocycles. The number of anilines is 1. The summed E-state index contributed by atoms with van der Waals surface area (Å²) in [5.41, 5.74) is 0.799. The summed E-state index contributed by atoms with van der Waals surface area (Å²) < 4.78 is 14.3. The maximum absolute atomic E-state index is 12.8. The standard InChI is InChI=1S/C14H10FN5O/c15-11-4-2-10(3-5-11)13(21)19-12-8-16-14(17-9-12)20-7-1-6-18-20/h1-9H,(H,19,21). The molecule has 104 valence electrons. The summed E-state index contributed by atoms with van der Waals surface area (Å²) in [6.07, 6.45) is 6.29. The zero-order valence-electron chi connectivity index (χ0n) is 10.8. The molecule has 2 aromatic heterocycles. The molecule has 0 bridgehead atoms. The van der Waals surface area contributed by atoms with Crippen LogP contribution in [-0.4, -0.2) is 25.7 Å². The summed E-state index contributed by atoms with van der Waals surface area (Å²) in [4.78, 5) is 20.1. The van der Waals surface area contributed by atoms with Crippen LogP contribution < -0.4 is 5.32 Å². The van der Waals surface area contributed by atoms with E-state index < -0.39 is 5.82 Å². The number of carbonyl (C=O) groups is 1. The summed E-state index contributed by atoms with van der Waals surface area (Å²) in [5, 5.41) is 6.64.